The number of pyridine rings is 1. The van der Waals surface area contributed by atoms with Crippen LogP contribution in [0.3, 0.4) is 0 Å². The van der Waals surface area contributed by atoms with E-state index in [-0.39, 0.29) is 16.8 Å². The SMILES string of the molecule is CCOCCCCCCCCCCOc1ccc2cc(-c3cc(F)cc(F)c3)c(=O)oc2n1. The molecule has 0 bridgehead atoms. The highest BCUT2D eigenvalue weighted by molar-refractivity contribution is 5.79. The summed E-state index contributed by atoms with van der Waals surface area (Å²) in [6, 6.07) is 7.86. The summed E-state index contributed by atoms with van der Waals surface area (Å²) in [5, 5.41) is 0.544. The Morgan fingerprint density at radius 2 is 1.48 bits per heavy atom. The Hall–Kier alpha value is -2.80. The molecule has 0 aliphatic rings. The fourth-order valence-electron chi connectivity index (χ4n) is 3.66. The summed E-state index contributed by atoms with van der Waals surface area (Å²) >= 11 is 0. The van der Waals surface area contributed by atoms with Crippen molar-refractivity contribution in [3.05, 3.63) is 58.5 Å². The smallest absolute Gasteiger partial charge is 0.345 e. The second kappa shape index (κ2) is 13.0. The van der Waals surface area contributed by atoms with Gasteiger partial charge >= 0.3 is 5.63 Å². The molecule has 0 saturated heterocycles. The lowest BCUT2D eigenvalue weighted by Crippen LogP contribution is -2.05. The highest BCUT2D eigenvalue weighted by atomic mass is 19.1. The lowest BCUT2D eigenvalue weighted by Gasteiger charge is -2.07. The van der Waals surface area contributed by atoms with Gasteiger partial charge < -0.3 is 13.9 Å². The molecule has 33 heavy (non-hydrogen) atoms. The van der Waals surface area contributed by atoms with Crippen LogP contribution in [0.1, 0.15) is 58.3 Å². The Balaban J connectivity index is 1.44. The van der Waals surface area contributed by atoms with Gasteiger partial charge in [0.05, 0.1) is 12.2 Å². The first-order valence-electron chi connectivity index (χ1n) is 11.7. The van der Waals surface area contributed by atoms with Gasteiger partial charge in [-0.2, -0.15) is 4.98 Å². The maximum atomic E-state index is 13.5. The molecule has 0 aliphatic heterocycles. The molecule has 3 rings (SSSR count). The number of hydrogen-bond acceptors (Lipinski definition) is 5. The number of unbranched alkanes of at least 4 members (excludes halogenated alkanes) is 7. The van der Waals surface area contributed by atoms with Gasteiger partial charge in [-0.1, -0.05) is 38.5 Å². The molecule has 2 aromatic heterocycles. The van der Waals surface area contributed by atoms with E-state index in [0.29, 0.717) is 17.9 Å². The van der Waals surface area contributed by atoms with E-state index in [1.807, 2.05) is 6.92 Å². The van der Waals surface area contributed by atoms with E-state index in [9.17, 15) is 13.6 Å². The van der Waals surface area contributed by atoms with Crippen LogP contribution < -0.4 is 10.4 Å². The molecule has 0 aliphatic carbocycles. The zero-order chi connectivity index (χ0) is 23.5. The Morgan fingerprint density at radius 1 is 0.848 bits per heavy atom. The van der Waals surface area contributed by atoms with Crippen molar-refractivity contribution in [2.75, 3.05) is 19.8 Å². The molecule has 0 radical (unpaired) electrons. The molecule has 0 spiro atoms. The molecule has 2 heterocycles. The molecule has 5 nitrogen and oxygen atoms in total. The van der Waals surface area contributed by atoms with Gasteiger partial charge in [-0.25, -0.2) is 13.6 Å². The minimum Gasteiger partial charge on any atom is -0.478 e. The molecular formula is C26H31F2NO4. The minimum atomic E-state index is -0.760. The molecule has 0 N–H and O–H groups in total. The second-order valence-electron chi connectivity index (χ2n) is 8.02. The third-order valence-electron chi connectivity index (χ3n) is 5.38. The van der Waals surface area contributed by atoms with Crippen molar-refractivity contribution < 1.29 is 22.7 Å². The molecule has 0 amide bonds. The molecule has 1 aromatic carbocycles. The van der Waals surface area contributed by atoms with Crippen molar-refractivity contribution in [1.29, 1.82) is 0 Å². The maximum absolute atomic E-state index is 13.5. The van der Waals surface area contributed by atoms with E-state index in [0.717, 1.165) is 50.7 Å². The molecular weight excluding hydrogens is 428 g/mol. The Kier molecular flexibility index (Phi) is 9.81. The summed E-state index contributed by atoms with van der Waals surface area (Å²) in [5.74, 6) is -1.14. The lowest BCUT2D eigenvalue weighted by atomic mass is 10.1. The van der Waals surface area contributed by atoms with Crippen LogP contribution in [0.4, 0.5) is 8.78 Å². The summed E-state index contributed by atoms with van der Waals surface area (Å²) in [5.41, 5.74) is -0.392. The molecule has 0 fully saturated rings. The number of fused-ring (bicyclic) bond motifs is 1. The Labute approximate surface area is 192 Å². The van der Waals surface area contributed by atoms with E-state index in [1.165, 1.54) is 38.2 Å². The quantitative estimate of drug-likeness (QED) is 0.252. The van der Waals surface area contributed by atoms with Gasteiger partial charge in [-0.05, 0) is 49.6 Å². The van der Waals surface area contributed by atoms with E-state index in [1.54, 1.807) is 12.1 Å². The standard InChI is InChI=1S/C26H31F2NO4/c1-2-31-13-9-7-5-3-4-6-8-10-14-32-24-12-11-19-17-23(26(30)33-25(19)29-24)20-15-21(27)18-22(28)16-20/h11-12,15-18H,2-10,13-14H2,1H3. The van der Waals surface area contributed by atoms with Gasteiger partial charge in [0.1, 0.15) is 11.6 Å². The van der Waals surface area contributed by atoms with Gasteiger partial charge in [-0.3, -0.25) is 0 Å². The predicted molar refractivity (Wildman–Crippen MR) is 125 cm³/mol. The van der Waals surface area contributed by atoms with Crippen molar-refractivity contribution in [2.45, 2.75) is 58.3 Å². The highest BCUT2D eigenvalue weighted by Crippen LogP contribution is 2.23. The fourth-order valence-corrected chi connectivity index (χ4v) is 3.66. The summed E-state index contributed by atoms with van der Waals surface area (Å²) in [4.78, 5) is 16.6. The zero-order valence-electron chi connectivity index (χ0n) is 19.1. The third-order valence-corrected chi connectivity index (χ3v) is 5.38. The van der Waals surface area contributed by atoms with Crippen molar-refractivity contribution in [1.82, 2.24) is 4.98 Å². The average molecular weight is 460 g/mol. The lowest BCUT2D eigenvalue weighted by molar-refractivity contribution is 0.143. The van der Waals surface area contributed by atoms with Gasteiger partial charge in [0.25, 0.3) is 0 Å². The zero-order valence-corrected chi connectivity index (χ0v) is 19.1. The molecule has 0 unspecified atom stereocenters. The van der Waals surface area contributed by atoms with Gasteiger partial charge in [-0.15, -0.1) is 0 Å². The number of halogens is 2. The number of rotatable bonds is 14. The van der Waals surface area contributed by atoms with E-state index in [4.69, 9.17) is 13.9 Å². The van der Waals surface area contributed by atoms with Crippen LogP contribution >= 0.6 is 0 Å². The summed E-state index contributed by atoms with van der Waals surface area (Å²) in [6.07, 6.45) is 9.31. The predicted octanol–water partition coefficient (Wildman–Crippen LogP) is 6.67. The van der Waals surface area contributed by atoms with Gasteiger partial charge in [0, 0.05) is 30.7 Å². The second-order valence-corrected chi connectivity index (χ2v) is 8.02. The van der Waals surface area contributed by atoms with Gasteiger partial charge in [0.15, 0.2) is 0 Å². The molecule has 7 heteroatoms. The van der Waals surface area contributed by atoms with Crippen LogP contribution in [-0.4, -0.2) is 24.8 Å². The van der Waals surface area contributed by atoms with Crippen molar-refractivity contribution >= 4 is 11.1 Å². The normalized spacial score (nSPS) is 11.2. The number of benzene rings is 1. The molecule has 0 saturated carbocycles. The molecule has 0 atom stereocenters. The van der Waals surface area contributed by atoms with Crippen LogP contribution in [0.15, 0.2) is 45.6 Å². The first-order valence-corrected chi connectivity index (χ1v) is 11.7. The molecule has 3 aromatic rings. The average Bonchev–Trinajstić information content (AvgIpc) is 2.78. The first-order chi connectivity index (χ1) is 16.1. The first kappa shape index (κ1) is 24.8. The van der Waals surface area contributed by atoms with Crippen LogP contribution in [0.25, 0.3) is 22.2 Å². The third kappa shape index (κ3) is 7.93. The number of aromatic nitrogens is 1. The number of hydrogen-bond donors (Lipinski definition) is 0. The summed E-state index contributed by atoms with van der Waals surface area (Å²) in [7, 11) is 0. The highest BCUT2D eigenvalue weighted by Gasteiger charge is 2.12. The van der Waals surface area contributed by atoms with Crippen LogP contribution in [0.2, 0.25) is 0 Å². The van der Waals surface area contributed by atoms with Crippen molar-refractivity contribution in [3.63, 3.8) is 0 Å². The largest absolute Gasteiger partial charge is 0.478 e. The van der Waals surface area contributed by atoms with Crippen LogP contribution in [0.5, 0.6) is 5.88 Å². The Morgan fingerprint density at radius 3 is 2.15 bits per heavy atom. The minimum absolute atomic E-state index is 0.0747. The van der Waals surface area contributed by atoms with Crippen molar-refractivity contribution in [3.8, 4) is 17.0 Å². The number of nitrogens with zero attached hydrogens (tertiary/aromatic N) is 1. The van der Waals surface area contributed by atoms with E-state index < -0.39 is 17.3 Å². The maximum Gasteiger partial charge on any atom is 0.345 e. The summed E-state index contributed by atoms with van der Waals surface area (Å²) < 4.78 is 43.3. The van der Waals surface area contributed by atoms with Crippen LogP contribution in [0, 0.1) is 11.6 Å². The molecule has 178 valence electrons. The topological polar surface area (TPSA) is 61.6 Å². The number of ether oxygens (including phenoxy) is 2. The summed E-state index contributed by atoms with van der Waals surface area (Å²) in [6.45, 7) is 4.23. The fraction of sp³-hybridized carbons (Fsp3) is 0.462. The van der Waals surface area contributed by atoms with Crippen molar-refractivity contribution in [2.24, 2.45) is 0 Å². The van der Waals surface area contributed by atoms with Gasteiger partial charge in [0.2, 0.25) is 11.6 Å². The van der Waals surface area contributed by atoms with E-state index in [2.05, 4.69) is 4.98 Å². The van der Waals surface area contributed by atoms with Crippen LogP contribution in [-0.2, 0) is 4.74 Å². The monoisotopic (exact) mass is 459 g/mol. The van der Waals surface area contributed by atoms with E-state index >= 15 is 0 Å². The Bertz CT molecular complexity index is 1060.